The zero-order valence-electron chi connectivity index (χ0n) is 19.6. The summed E-state index contributed by atoms with van der Waals surface area (Å²) in [6, 6.07) is -3.02. The number of hydrogen-bond donors (Lipinski definition) is 7. The van der Waals surface area contributed by atoms with E-state index in [-0.39, 0.29) is 63.8 Å². The van der Waals surface area contributed by atoms with Gasteiger partial charge in [-0.3, -0.25) is 19.4 Å². The topological polar surface area (TPSA) is 248 Å². The molecular weight excluding hydrogens is 552 g/mol. The van der Waals surface area contributed by atoms with Crippen LogP contribution in [0.5, 0.6) is 0 Å². The van der Waals surface area contributed by atoms with Crippen molar-refractivity contribution in [3.05, 3.63) is 17.6 Å². The number of hydrazine groups is 1. The van der Waals surface area contributed by atoms with Crippen molar-refractivity contribution in [2.45, 2.75) is 62.4 Å². The normalized spacial score (nSPS) is 24.6. The number of amides is 3. The molecule has 3 amide bonds. The fourth-order valence-corrected chi connectivity index (χ4v) is 3.37. The molecule has 0 fully saturated rings. The summed E-state index contributed by atoms with van der Waals surface area (Å²) in [5, 5.41) is 8.89. The van der Waals surface area contributed by atoms with Gasteiger partial charge in [0.15, 0.2) is 5.96 Å². The summed E-state index contributed by atoms with van der Waals surface area (Å²) in [6.45, 7) is 0.712. The van der Waals surface area contributed by atoms with Gasteiger partial charge in [0, 0.05) is 64.1 Å². The Labute approximate surface area is 232 Å². The fraction of sp³-hybridized carbons (Fsp3) is 0.632. The quantitative estimate of drug-likeness (QED) is 0.0414. The van der Waals surface area contributed by atoms with Gasteiger partial charge in [0.2, 0.25) is 17.7 Å². The predicted octanol–water partition coefficient (Wildman–Crippen LogP) is -2.51. The van der Waals surface area contributed by atoms with Crippen molar-refractivity contribution < 1.29 is 51.9 Å². The molecule has 1 rings (SSSR count). The third-order valence-corrected chi connectivity index (χ3v) is 5.39. The van der Waals surface area contributed by atoms with Crippen molar-refractivity contribution in [2.24, 2.45) is 28.0 Å². The summed E-state index contributed by atoms with van der Waals surface area (Å²) in [4.78, 5) is 53.0. The number of carbonyl (C=O) groups is 4. The molecule has 1 aliphatic rings. The minimum absolute atomic E-state index is 0. The number of nitrogens with zero attached hydrogens (tertiary/aromatic N) is 2. The third-order valence-electron chi connectivity index (χ3n) is 4.92. The molecule has 1 radical (unpaired) electrons. The van der Waals surface area contributed by atoms with E-state index in [1.807, 2.05) is 0 Å². The monoisotopic (exact) mass is 588 g/mol. The predicted molar refractivity (Wildman–Crippen MR) is 131 cm³/mol. The number of guanidine groups is 1. The first-order valence-electron chi connectivity index (χ1n) is 10.9. The second-order valence-electron chi connectivity index (χ2n) is 7.94. The summed E-state index contributed by atoms with van der Waals surface area (Å²) in [5.74, 6) is 2.86. The van der Waals surface area contributed by atoms with Gasteiger partial charge in [-0.25, -0.2) is 5.84 Å². The number of carbonyl (C=O) groups excluding carboxylic acids is 4. The van der Waals surface area contributed by atoms with Crippen LogP contribution in [0.2, 0.25) is 0 Å². The zero-order valence-corrected chi connectivity index (χ0v) is 23.6. The molecule has 35 heavy (non-hydrogen) atoms. The minimum Gasteiger partial charge on any atom is -0.667 e. The Morgan fingerprint density at radius 2 is 2.00 bits per heavy atom. The molecule has 0 aromatic rings. The Balaban J connectivity index is 0.0000116. The van der Waals surface area contributed by atoms with E-state index >= 15 is 0 Å². The summed E-state index contributed by atoms with van der Waals surface area (Å²) in [6.07, 6.45) is 4.18. The molecule has 5 unspecified atom stereocenters. The Hall–Kier alpha value is -1.86. The summed E-state index contributed by atoms with van der Waals surface area (Å²) in [5.41, 5.74) is 24.7. The van der Waals surface area contributed by atoms with Crippen molar-refractivity contribution >= 4 is 39.2 Å². The van der Waals surface area contributed by atoms with E-state index < -0.39 is 41.6 Å². The maximum absolute atomic E-state index is 12.9. The molecule has 14 nitrogen and oxygen atoms in total. The van der Waals surface area contributed by atoms with Gasteiger partial charge in [0.1, 0.15) is 18.1 Å². The van der Waals surface area contributed by atoms with Gasteiger partial charge < -0.3 is 48.7 Å². The first-order valence-corrected chi connectivity index (χ1v) is 11.6. The Bertz CT molecular complexity index is 781. The van der Waals surface area contributed by atoms with E-state index in [0.29, 0.717) is 38.5 Å². The van der Waals surface area contributed by atoms with Gasteiger partial charge >= 0.3 is 0 Å². The van der Waals surface area contributed by atoms with Crippen LogP contribution >= 0.6 is 9.24 Å². The van der Waals surface area contributed by atoms with Crippen molar-refractivity contribution in [1.29, 1.82) is 0 Å². The van der Waals surface area contributed by atoms with Crippen LogP contribution in [0.4, 0.5) is 0 Å². The van der Waals surface area contributed by atoms with Gasteiger partial charge in [-0.15, -0.1) is 9.24 Å². The Kier molecular flexibility index (Phi) is 16.6. The second-order valence-corrected chi connectivity index (χ2v) is 8.61. The zero-order chi connectivity index (χ0) is 25.7. The molecule has 0 aromatic carbocycles. The second kappa shape index (κ2) is 17.6. The standard InChI is InChI=1S/C19H36N10O4P.Y/c20-11-8-14(16(32)26-12(10-30)4-3-6-25-19(22)23)27-17(33)18(34)28-15(31)13(21)5-1-2-7-29(24)9-11;/h9-10,12-14,18,21H,1-8,20,24,34H2,(H,26,32)(H,27,33)(H,28,31)(H4,22,23,25);/q-1;/b11-9-;. The molecular formula is C19H36N10O4PY-. The molecule has 0 aromatic heterocycles. The molecule has 0 aliphatic carbocycles. The van der Waals surface area contributed by atoms with Crippen LogP contribution in [-0.4, -0.2) is 72.0 Å². The molecule has 1 heterocycles. The molecule has 1 aliphatic heterocycles. The van der Waals surface area contributed by atoms with Crippen molar-refractivity contribution in [3.8, 4) is 0 Å². The van der Waals surface area contributed by atoms with E-state index in [4.69, 9.17) is 28.8 Å². The molecule has 0 bridgehead atoms. The SMILES string of the molecule is [NH-]C1CCCCN(N)/C=C(\N)CC(C(=O)NC(C=O)CCCN=C(N)N)NC(=O)C(P)NC1=O.[Y]. The maximum Gasteiger partial charge on any atom is 0.247 e. The van der Waals surface area contributed by atoms with Crippen molar-refractivity contribution in [3.63, 3.8) is 0 Å². The van der Waals surface area contributed by atoms with Gasteiger partial charge in [0.05, 0.1) is 6.04 Å². The van der Waals surface area contributed by atoms with Crippen LogP contribution in [0, 0.1) is 0 Å². The van der Waals surface area contributed by atoms with E-state index in [1.165, 1.54) is 11.2 Å². The summed E-state index contributed by atoms with van der Waals surface area (Å²) in [7, 11) is 2.17. The fourth-order valence-electron chi connectivity index (χ4n) is 3.11. The van der Waals surface area contributed by atoms with E-state index in [1.54, 1.807) is 0 Å². The number of aliphatic imine (C=N–C) groups is 1. The number of nitrogens with two attached hydrogens (primary N) is 4. The average molecular weight is 588 g/mol. The van der Waals surface area contributed by atoms with Gasteiger partial charge in [-0.1, -0.05) is 18.9 Å². The van der Waals surface area contributed by atoms with Crippen LogP contribution in [-0.2, 0) is 51.9 Å². The van der Waals surface area contributed by atoms with E-state index in [2.05, 4.69) is 30.2 Å². The van der Waals surface area contributed by atoms with Gasteiger partial charge in [0.25, 0.3) is 0 Å². The first-order chi connectivity index (χ1) is 16.0. The number of nitrogens with one attached hydrogen (secondary N) is 4. The van der Waals surface area contributed by atoms with Crippen LogP contribution < -0.4 is 39.0 Å². The van der Waals surface area contributed by atoms with Crippen molar-refractivity contribution in [2.75, 3.05) is 13.1 Å². The number of hydrogen-bond acceptors (Lipinski definition) is 8. The molecule has 0 saturated carbocycles. The Morgan fingerprint density at radius 3 is 2.63 bits per heavy atom. The first kappa shape index (κ1) is 33.1. The van der Waals surface area contributed by atoms with E-state index in [9.17, 15) is 19.2 Å². The van der Waals surface area contributed by atoms with Crippen molar-refractivity contribution in [1.82, 2.24) is 21.0 Å². The van der Waals surface area contributed by atoms with Crippen LogP contribution in [0.3, 0.4) is 0 Å². The number of rotatable bonds is 7. The molecule has 16 heteroatoms. The van der Waals surface area contributed by atoms with E-state index in [0.717, 1.165) is 0 Å². The average Bonchev–Trinajstić information content (AvgIpc) is 2.76. The largest absolute Gasteiger partial charge is 0.667 e. The smallest absolute Gasteiger partial charge is 0.247 e. The molecule has 5 atom stereocenters. The van der Waals surface area contributed by atoms with Gasteiger partial charge in [-0.05, 0) is 19.3 Å². The van der Waals surface area contributed by atoms with Gasteiger partial charge in [-0.2, -0.15) is 0 Å². The third kappa shape index (κ3) is 13.7. The maximum atomic E-state index is 12.9. The summed E-state index contributed by atoms with van der Waals surface area (Å²) >= 11 is 0. The number of aldehydes is 1. The van der Waals surface area contributed by atoms with Crippen LogP contribution in [0.15, 0.2) is 16.9 Å². The Morgan fingerprint density at radius 1 is 1.31 bits per heavy atom. The summed E-state index contributed by atoms with van der Waals surface area (Å²) < 4.78 is 0. The minimum atomic E-state index is -1.14. The molecule has 0 spiro atoms. The molecule has 195 valence electrons. The molecule has 12 N–H and O–H groups in total. The van der Waals surface area contributed by atoms with Crippen LogP contribution in [0.1, 0.15) is 38.5 Å². The van der Waals surface area contributed by atoms with Crippen LogP contribution in [0.25, 0.3) is 5.73 Å². The molecule has 0 saturated heterocycles.